The summed E-state index contributed by atoms with van der Waals surface area (Å²) in [5.41, 5.74) is -3.05. The topological polar surface area (TPSA) is 106 Å². The van der Waals surface area contributed by atoms with E-state index < -0.39 is 42.0 Å². The van der Waals surface area contributed by atoms with E-state index in [-0.39, 0.29) is 18.7 Å². The molecule has 11 heteroatoms. The van der Waals surface area contributed by atoms with Crippen molar-refractivity contribution in [2.24, 2.45) is 5.41 Å². The maximum Gasteiger partial charge on any atom is 0.427 e. The predicted molar refractivity (Wildman–Crippen MR) is 106 cm³/mol. The van der Waals surface area contributed by atoms with Crippen molar-refractivity contribution in [3.05, 3.63) is 18.2 Å². The minimum Gasteiger partial charge on any atom is -0.486 e. The second kappa shape index (κ2) is 9.21. The molecule has 0 aromatic heterocycles. The molecule has 8 nitrogen and oxygen atoms in total. The van der Waals surface area contributed by atoms with Gasteiger partial charge in [-0.05, 0) is 45.9 Å². The quantitative estimate of drug-likeness (QED) is 0.546. The summed E-state index contributed by atoms with van der Waals surface area (Å²) < 4.78 is 53.9. The lowest BCUT2D eigenvalue weighted by Crippen LogP contribution is -2.44. The van der Waals surface area contributed by atoms with Crippen LogP contribution in [-0.4, -0.2) is 54.8 Å². The molecule has 0 fully saturated rings. The molecule has 0 radical (unpaired) electrons. The number of alkyl halides is 3. The van der Waals surface area contributed by atoms with Gasteiger partial charge in [-0.15, -0.1) is 0 Å². The molecule has 3 N–H and O–H groups in total. The average molecular weight is 448 g/mol. The molecule has 2 rings (SSSR count). The van der Waals surface area contributed by atoms with Crippen LogP contribution < -0.4 is 15.4 Å². The highest BCUT2D eigenvalue weighted by atomic mass is 19.4. The van der Waals surface area contributed by atoms with Gasteiger partial charge in [0.15, 0.2) is 0 Å². The number of hydrogen-bond acceptors (Lipinski definition) is 7. The molecule has 0 bridgehead atoms. The van der Waals surface area contributed by atoms with E-state index in [1.54, 1.807) is 13.8 Å². The van der Waals surface area contributed by atoms with Crippen LogP contribution in [0, 0.1) is 5.41 Å². The van der Waals surface area contributed by atoms with Crippen molar-refractivity contribution in [1.29, 1.82) is 0 Å². The van der Waals surface area contributed by atoms with Gasteiger partial charge in [0.1, 0.15) is 11.9 Å². The van der Waals surface area contributed by atoms with Crippen LogP contribution in [-0.2, 0) is 14.3 Å². The third-order valence-electron chi connectivity index (χ3n) is 4.87. The number of benzene rings is 1. The number of ether oxygens (including phenoxy) is 3. The SMILES string of the molecule is CCOC(=O)[C@@](C)(CO)C[C@H]1CNc2cc(NC(=O)OC(C)(C)C(F)(F)F)ccc2O1. The third kappa shape index (κ3) is 5.93. The summed E-state index contributed by atoms with van der Waals surface area (Å²) in [6.07, 6.45) is -6.19. The van der Waals surface area contributed by atoms with E-state index in [4.69, 9.17) is 9.47 Å². The molecule has 174 valence electrons. The number of halogens is 3. The fourth-order valence-electron chi connectivity index (χ4n) is 2.86. The number of nitrogens with one attached hydrogen (secondary N) is 2. The van der Waals surface area contributed by atoms with Crippen molar-refractivity contribution in [2.75, 3.05) is 30.4 Å². The zero-order valence-corrected chi connectivity index (χ0v) is 17.8. The van der Waals surface area contributed by atoms with Gasteiger partial charge in [0.25, 0.3) is 0 Å². The summed E-state index contributed by atoms with van der Waals surface area (Å²) in [6, 6.07) is 4.46. The first-order valence-corrected chi connectivity index (χ1v) is 9.70. The molecule has 0 saturated heterocycles. The third-order valence-corrected chi connectivity index (χ3v) is 4.87. The van der Waals surface area contributed by atoms with Crippen molar-refractivity contribution in [3.63, 3.8) is 0 Å². The average Bonchev–Trinajstić information content (AvgIpc) is 2.66. The lowest BCUT2D eigenvalue weighted by Gasteiger charge is -2.33. The minimum absolute atomic E-state index is 0.194. The highest BCUT2D eigenvalue weighted by Crippen LogP contribution is 2.36. The van der Waals surface area contributed by atoms with Crippen LogP contribution in [0.25, 0.3) is 0 Å². The molecule has 1 heterocycles. The van der Waals surface area contributed by atoms with Crippen LogP contribution in [0.2, 0.25) is 0 Å². The monoisotopic (exact) mass is 448 g/mol. The Hall–Kier alpha value is -2.69. The van der Waals surface area contributed by atoms with Gasteiger partial charge in [-0.2, -0.15) is 13.2 Å². The zero-order valence-electron chi connectivity index (χ0n) is 17.8. The lowest BCUT2D eigenvalue weighted by atomic mass is 9.85. The first-order valence-electron chi connectivity index (χ1n) is 9.70. The number of hydrogen-bond donors (Lipinski definition) is 3. The van der Waals surface area contributed by atoms with Crippen LogP contribution in [0.3, 0.4) is 0 Å². The zero-order chi connectivity index (χ0) is 23.4. The van der Waals surface area contributed by atoms with E-state index in [1.807, 2.05) is 0 Å². The fourth-order valence-corrected chi connectivity index (χ4v) is 2.86. The molecule has 0 saturated carbocycles. The van der Waals surface area contributed by atoms with Crippen molar-refractivity contribution in [2.45, 2.75) is 52.0 Å². The molecule has 1 aromatic carbocycles. The molecule has 2 atom stereocenters. The van der Waals surface area contributed by atoms with E-state index in [0.717, 1.165) is 13.8 Å². The number of carbonyl (C=O) groups excluding carboxylic acids is 2. The van der Waals surface area contributed by atoms with Gasteiger partial charge in [-0.1, -0.05) is 0 Å². The van der Waals surface area contributed by atoms with Crippen molar-refractivity contribution in [1.82, 2.24) is 0 Å². The standard InChI is InChI=1S/C20H27F3N2O6/c1-5-29-16(27)19(4,11-26)9-13-10-24-14-8-12(6-7-15(14)30-13)25-17(28)31-18(2,3)20(21,22)23/h6-8,13,24,26H,5,9-11H2,1-4H3,(H,25,28)/t13-,19+/m0/s1. The van der Waals surface area contributed by atoms with Crippen LogP contribution >= 0.6 is 0 Å². The second-order valence-electron chi connectivity index (χ2n) is 8.00. The molecular weight excluding hydrogens is 421 g/mol. The number of rotatable bonds is 7. The number of amides is 1. The van der Waals surface area contributed by atoms with Crippen molar-refractivity contribution >= 4 is 23.4 Å². The molecule has 0 spiro atoms. The Morgan fingerprint density at radius 1 is 1.29 bits per heavy atom. The van der Waals surface area contributed by atoms with Crippen LogP contribution in [0.1, 0.15) is 34.1 Å². The van der Waals surface area contributed by atoms with E-state index in [9.17, 15) is 27.9 Å². The Balaban J connectivity index is 2.03. The van der Waals surface area contributed by atoms with E-state index in [2.05, 4.69) is 15.4 Å². The number of fused-ring (bicyclic) bond motifs is 1. The molecule has 0 unspecified atom stereocenters. The Bertz CT molecular complexity index is 815. The van der Waals surface area contributed by atoms with E-state index in [0.29, 0.717) is 18.0 Å². The molecule has 0 aliphatic carbocycles. The normalized spacial score (nSPS) is 18.0. The van der Waals surface area contributed by atoms with Crippen LogP contribution in [0.15, 0.2) is 18.2 Å². The number of aliphatic hydroxyl groups excluding tert-OH is 1. The summed E-state index contributed by atoms with van der Waals surface area (Å²) in [5, 5.41) is 15.0. The molecule has 31 heavy (non-hydrogen) atoms. The molecule has 1 amide bonds. The number of esters is 1. The predicted octanol–water partition coefficient (Wildman–Crippen LogP) is 3.70. The summed E-state index contributed by atoms with van der Waals surface area (Å²) in [5.74, 6) is -0.0957. The van der Waals surface area contributed by atoms with Gasteiger partial charge in [-0.3, -0.25) is 10.1 Å². The van der Waals surface area contributed by atoms with Gasteiger partial charge in [0.2, 0.25) is 5.60 Å². The van der Waals surface area contributed by atoms with Crippen LogP contribution in [0.5, 0.6) is 5.75 Å². The first kappa shape index (κ1) is 24.6. The molecule has 1 aromatic rings. The largest absolute Gasteiger partial charge is 0.486 e. The second-order valence-corrected chi connectivity index (χ2v) is 8.00. The Morgan fingerprint density at radius 3 is 2.55 bits per heavy atom. The van der Waals surface area contributed by atoms with Gasteiger partial charge < -0.3 is 24.6 Å². The lowest BCUT2D eigenvalue weighted by molar-refractivity contribution is -0.242. The van der Waals surface area contributed by atoms with E-state index in [1.165, 1.54) is 18.2 Å². The molecule has 1 aliphatic rings. The summed E-state index contributed by atoms with van der Waals surface area (Å²) in [4.78, 5) is 24.0. The summed E-state index contributed by atoms with van der Waals surface area (Å²) in [7, 11) is 0. The maximum absolute atomic E-state index is 12.9. The van der Waals surface area contributed by atoms with Gasteiger partial charge in [0.05, 0.1) is 30.9 Å². The first-order chi connectivity index (χ1) is 14.3. The number of carbonyl (C=O) groups is 2. The molecular formula is C20H27F3N2O6. The van der Waals surface area contributed by atoms with Crippen molar-refractivity contribution in [3.8, 4) is 5.75 Å². The Labute approximate surface area is 178 Å². The van der Waals surface area contributed by atoms with Gasteiger partial charge in [0, 0.05) is 12.1 Å². The van der Waals surface area contributed by atoms with E-state index >= 15 is 0 Å². The van der Waals surface area contributed by atoms with Crippen molar-refractivity contribution < 1.29 is 42.1 Å². The summed E-state index contributed by atoms with van der Waals surface area (Å²) in [6.45, 7) is 4.87. The maximum atomic E-state index is 12.9. The highest BCUT2D eigenvalue weighted by Gasteiger charge is 2.51. The fraction of sp³-hybridized carbons (Fsp3) is 0.600. The molecule has 1 aliphatic heterocycles. The number of anilines is 2. The smallest absolute Gasteiger partial charge is 0.427 e. The Kier molecular flexibility index (Phi) is 7.30. The number of aliphatic hydroxyl groups is 1. The highest BCUT2D eigenvalue weighted by molar-refractivity contribution is 5.86. The Morgan fingerprint density at radius 2 is 1.97 bits per heavy atom. The summed E-state index contributed by atoms with van der Waals surface area (Å²) >= 11 is 0. The van der Waals surface area contributed by atoms with Gasteiger partial charge >= 0.3 is 18.2 Å². The minimum atomic E-state index is -4.71. The van der Waals surface area contributed by atoms with Gasteiger partial charge in [-0.25, -0.2) is 4.79 Å². The van der Waals surface area contributed by atoms with Crippen LogP contribution in [0.4, 0.5) is 29.3 Å².